The molecule has 0 saturated heterocycles. The summed E-state index contributed by atoms with van der Waals surface area (Å²) in [4.78, 5) is 12.0. The lowest BCUT2D eigenvalue weighted by atomic mass is 9.96. The zero-order chi connectivity index (χ0) is 14.8. The number of anilines is 1. The van der Waals surface area contributed by atoms with Crippen molar-refractivity contribution in [1.29, 1.82) is 0 Å². The van der Waals surface area contributed by atoms with Crippen LogP contribution in [0.15, 0.2) is 12.1 Å². The highest BCUT2D eigenvalue weighted by Gasteiger charge is 2.23. The van der Waals surface area contributed by atoms with Gasteiger partial charge < -0.3 is 10.5 Å². The number of ether oxygens (including phenoxy) is 1. The van der Waals surface area contributed by atoms with E-state index in [4.69, 9.17) is 22.1 Å². The van der Waals surface area contributed by atoms with Crippen LogP contribution >= 0.6 is 0 Å². The van der Waals surface area contributed by atoms with E-state index in [-0.39, 0.29) is 11.9 Å². The van der Waals surface area contributed by atoms with E-state index in [1.54, 1.807) is 0 Å². The molecule has 0 heterocycles. The molecule has 0 aliphatic carbocycles. The van der Waals surface area contributed by atoms with Gasteiger partial charge in [-0.15, -0.1) is 0 Å². The number of nitrogen functional groups attached to an aromatic ring is 1. The first-order valence-corrected chi connectivity index (χ1v) is 6.80. The highest BCUT2D eigenvalue weighted by atomic mass is 35.5. The standard InChI is InChI=1S/C15H23ClNO2/c1-9(14(18)19-15(3,4)5)8-11-6-7-12(16)13(17)10(11)2/h6-7,9,16H,8,17H2,1-5H3/q+1. The van der Waals surface area contributed by atoms with Gasteiger partial charge in [0.1, 0.15) is 11.3 Å². The Hall–Kier alpha value is -1.22. The number of nitrogens with two attached hydrogens (primary N) is 1. The molecular formula is C15H23ClNO2+. The van der Waals surface area contributed by atoms with Crippen LogP contribution in [0.2, 0.25) is 5.02 Å². The van der Waals surface area contributed by atoms with Gasteiger partial charge in [0.05, 0.1) is 5.92 Å². The van der Waals surface area contributed by atoms with Gasteiger partial charge in [0.25, 0.3) is 0 Å². The molecule has 0 radical (unpaired) electrons. The number of carbonyl (C=O) groups excluding carboxylic acids is 1. The summed E-state index contributed by atoms with van der Waals surface area (Å²) in [6.07, 6.45) is 0.612. The molecule has 0 saturated carbocycles. The molecule has 0 aliphatic rings. The summed E-state index contributed by atoms with van der Waals surface area (Å²) in [6.45, 7) is 9.40. The highest BCUT2D eigenvalue weighted by Crippen LogP contribution is 2.24. The number of benzene rings is 1. The van der Waals surface area contributed by atoms with E-state index in [0.29, 0.717) is 17.1 Å². The molecule has 106 valence electrons. The molecule has 1 aromatic rings. The van der Waals surface area contributed by atoms with Crippen LogP contribution in [0.4, 0.5) is 5.69 Å². The van der Waals surface area contributed by atoms with Crippen LogP contribution in [0, 0.1) is 24.4 Å². The van der Waals surface area contributed by atoms with Crippen molar-refractivity contribution in [3.05, 3.63) is 28.3 Å². The normalized spacial score (nSPS) is 13.2. The maximum atomic E-state index is 12.0. The van der Waals surface area contributed by atoms with E-state index in [1.165, 1.54) is 0 Å². The molecule has 1 aromatic carbocycles. The van der Waals surface area contributed by atoms with Crippen LogP contribution in [-0.2, 0) is 16.0 Å². The summed E-state index contributed by atoms with van der Waals surface area (Å²) in [6, 6.07) is 3.75. The fourth-order valence-corrected chi connectivity index (χ4v) is 2.01. The molecule has 0 amide bonds. The first-order chi connectivity index (χ1) is 8.61. The average molecular weight is 285 g/mol. The Kier molecular flexibility index (Phi) is 4.86. The van der Waals surface area contributed by atoms with Crippen LogP contribution in [0.3, 0.4) is 0 Å². The Morgan fingerprint density at radius 3 is 2.53 bits per heavy atom. The molecule has 1 rings (SSSR count). The molecule has 1 unspecified atom stereocenters. The van der Waals surface area contributed by atoms with Gasteiger partial charge in [0.15, 0.2) is 11.6 Å². The smallest absolute Gasteiger partial charge is 0.309 e. The molecule has 0 bridgehead atoms. The number of esters is 1. The first-order valence-electron chi connectivity index (χ1n) is 6.39. The highest BCUT2D eigenvalue weighted by molar-refractivity contribution is 5.73. The molecule has 19 heavy (non-hydrogen) atoms. The molecule has 4 heteroatoms. The molecule has 2 N–H and O–H groups in total. The van der Waals surface area contributed by atoms with Crippen LogP contribution in [-0.4, -0.2) is 11.6 Å². The molecule has 0 aliphatic heterocycles. The number of halogens is 1. The Morgan fingerprint density at radius 2 is 2.00 bits per heavy atom. The van der Waals surface area contributed by atoms with E-state index < -0.39 is 5.60 Å². The molecular weight excluding hydrogens is 262 g/mol. The van der Waals surface area contributed by atoms with Crippen LogP contribution in [0.1, 0.15) is 38.8 Å². The number of hydrogen-bond donors (Lipinski definition) is 1. The topological polar surface area (TPSA) is 52.3 Å². The van der Waals surface area contributed by atoms with Gasteiger partial charge in [-0.25, -0.2) is 0 Å². The first kappa shape index (κ1) is 15.8. The Bertz CT molecular complexity index is 478. The molecule has 3 nitrogen and oxygen atoms in total. The van der Waals surface area contributed by atoms with Gasteiger partial charge >= 0.3 is 5.97 Å². The summed E-state index contributed by atoms with van der Waals surface area (Å²) in [7, 11) is 0. The van der Waals surface area contributed by atoms with Gasteiger partial charge in [-0.3, -0.25) is 4.79 Å². The van der Waals surface area contributed by atoms with Crippen molar-refractivity contribution in [2.24, 2.45) is 5.92 Å². The van der Waals surface area contributed by atoms with Crippen LogP contribution in [0.5, 0.6) is 0 Å². The van der Waals surface area contributed by atoms with Gasteiger partial charge in [0, 0.05) is 6.07 Å². The minimum atomic E-state index is -0.454. The van der Waals surface area contributed by atoms with Gasteiger partial charge in [-0.1, -0.05) is 13.0 Å². The number of carbonyl (C=O) groups is 1. The van der Waals surface area contributed by atoms with E-state index in [2.05, 4.69) is 0 Å². The molecule has 0 aromatic heterocycles. The fourth-order valence-electron chi connectivity index (χ4n) is 1.79. The summed E-state index contributed by atoms with van der Waals surface area (Å²) in [5, 5.41) is 0.658. The third kappa shape index (κ3) is 4.43. The van der Waals surface area contributed by atoms with E-state index in [9.17, 15) is 4.79 Å². The largest absolute Gasteiger partial charge is 0.460 e. The second kappa shape index (κ2) is 5.83. The zero-order valence-corrected chi connectivity index (χ0v) is 13.1. The second-order valence-corrected chi connectivity index (χ2v) is 6.34. The van der Waals surface area contributed by atoms with Gasteiger partial charge in [0.2, 0.25) is 5.02 Å². The predicted molar refractivity (Wildman–Crippen MR) is 74.9 cm³/mol. The minimum absolute atomic E-state index is 0.187. The summed E-state index contributed by atoms with van der Waals surface area (Å²) in [5.74, 6) is -0.388. The third-order valence-corrected chi connectivity index (χ3v) is 3.28. The predicted octanol–water partition coefficient (Wildman–Crippen LogP) is 2.79. The minimum Gasteiger partial charge on any atom is -0.460 e. The van der Waals surface area contributed by atoms with Crippen molar-refractivity contribution in [2.75, 3.05) is 5.73 Å². The van der Waals surface area contributed by atoms with Crippen molar-refractivity contribution in [1.82, 2.24) is 0 Å². The van der Waals surface area contributed by atoms with Crippen molar-refractivity contribution in [2.45, 2.75) is 46.6 Å². The summed E-state index contributed by atoms with van der Waals surface area (Å²) in [5.41, 5.74) is 8.10. The van der Waals surface area contributed by atoms with Gasteiger partial charge in [-0.2, -0.15) is 0 Å². The second-order valence-electron chi connectivity index (χ2n) is 5.90. The lowest BCUT2D eigenvalue weighted by molar-refractivity contribution is -0.287. The Labute approximate surface area is 120 Å². The van der Waals surface area contributed by atoms with Crippen molar-refractivity contribution in [3.8, 4) is 0 Å². The van der Waals surface area contributed by atoms with Crippen molar-refractivity contribution < 1.29 is 21.1 Å². The van der Waals surface area contributed by atoms with Crippen LogP contribution < -0.4 is 5.73 Å². The van der Waals surface area contributed by atoms with Crippen LogP contribution in [0.25, 0.3) is 0 Å². The van der Waals surface area contributed by atoms with Crippen molar-refractivity contribution >= 4 is 11.7 Å². The third-order valence-electron chi connectivity index (χ3n) is 2.92. The van der Waals surface area contributed by atoms with Crippen molar-refractivity contribution in [3.63, 3.8) is 0 Å². The summed E-state index contributed by atoms with van der Waals surface area (Å²) >= 11 is 5.12. The lowest BCUT2D eigenvalue weighted by Crippen LogP contribution is -2.28. The average Bonchev–Trinajstić information content (AvgIpc) is 2.27. The number of rotatable bonds is 3. The maximum absolute atomic E-state index is 12.0. The Balaban J connectivity index is 2.80. The van der Waals surface area contributed by atoms with E-state index in [1.807, 2.05) is 46.8 Å². The molecule has 0 fully saturated rings. The lowest BCUT2D eigenvalue weighted by Gasteiger charge is -2.22. The maximum Gasteiger partial charge on any atom is 0.309 e. The quantitative estimate of drug-likeness (QED) is 0.686. The van der Waals surface area contributed by atoms with E-state index in [0.717, 1.165) is 11.1 Å². The monoisotopic (exact) mass is 284 g/mol. The number of hydrogen-bond acceptors (Lipinski definition) is 3. The zero-order valence-electron chi connectivity index (χ0n) is 12.2. The Morgan fingerprint density at radius 1 is 1.42 bits per heavy atom. The molecule has 1 atom stereocenters. The SMILES string of the molecule is Cc1c(CC(C)C(=O)OC(C)(C)C)ccc([ClH+])c1N. The summed E-state index contributed by atoms with van der Waals surface area (Å²) < 4.78 is 5.37. The van der Waals surface area contributed by atoms with Gasteiger partial charge in [-0.05, 0) is 45.2 Å². The fraction of sp³-hybridized carbons (Fsp3) is 0.533. The molecule has 0 spiro atoms. The van der Waals surface area contributed by atoms with E-state index >= 15 is 0 Å².